The lowest BCUT2D eigenvalue weighted by atomic mass is 10.1. The van der Waals surface area contributed by atoms with Crippen LogP contribution in [0.15, 0.2) is 34.9 Å². The zero-order valence-corrected chi connectivity index (χ0v) is 9.59. The largest absolute Gasteiger partial charge is 0.469 e. The maximum Gasteiger partial charge on any atom is 0.103 e. The lowest BCUT2D eigenvalue weighted by Crippen LogP contribution is -1.96. The van der Waals surface area contributed by atoms with Gasteiger partial charge < -0.3 is 9.52 Å². The molecule has 0 spiro atoms. The number of aliphatic hydroxyl groups is 1. The average Bonchev–Trinajstić information content (AvgIpc) is 2.84. The van der Waals surface area contributed by atoms with E-state index < -0.39 is 6.10 Å². The van der Waals surface area contributed by atoms with Crippen molar-refractivity contribution in [1.82, 2.24) is 0 Å². The fourth-order valence-corrected chi connectivity index (χ4v) is 2.46. The lowest BCUT2D eigenvalue weighted by molar-refractivity contribution is 0.169. The summed E-state index contributed by atoms with van der Waals surface area (Å²) < 4.78 is 5.90. The van der Waals surface area contributed by atoms with E-state index >= 15 is 0 Å². The molecule has 15 heavy (non-hydrogen) atoms. The Hall–Kier alpha value is -0.770. The maximum atomic E-state index is 9.84. The molecule has 0 saturated heterocycles. The molecule has 2 nitrogen and oxygen atoms in total. The summed E-state index contributed by atoms with van der Waals surface area (Å²) in [5.41, 5.74) is 0. The molecule has 1 unspecified atom stereocenters. The Kier molecular flexibility index (Phi) is 3.46. The summed E-state index contributed by atoms with van der Waals surface area (Å²) in [5, 5.41) is 9.84. The van der Waals surface area contributed by atoms with Crippen molar-refractivity contribution in [3.63, 3.8) is 0 Å². The van der Waals surface area contributed by atoms with E-state index in [2.05, 4.69) is 0 Å². The maximum absolute atomic E-state index is 9.84. The fraction of sp³-hybridized carbons (Fsp3) is 0.273. The molecule has 80 valence electrons. The molecule has 4 heteroatoms. The molecule has 2 heterocycles. The van der Waals surface area contributed by atoms with Gasteiger partial charge in [-0.05, 0) is 30.7 Å². The molecule has 2 aromatic rings. The molecular weight excluding hydrogens is 232 g/mol. The van der Waals surface area contributed by atoms with Gasteiger partial charge >= 0.3 is 0 Å². The molecule has 0 amide bonds. The van der Waals surface area contributed by atoms with Crippen molar-refractivity contribution >= 4 is 22.9 Å². The van der Waals surface area contributed by atoms with Gasteiger partial charge in [0.2, 0.25) is 0 Å². The van der Waals surface area contributed by atoms with E-state index in [1.165, 1.54) is 11.3 Å². The van der Waals surface area contributed by atoms with Crippen molar-refractivity contribution in [2.75, 3.05) is 0 Å². The van der Waals surface area contributed by atoms with Crippen molar-refractivity contribution in [1.29, 1.82) is 0 Å². The molecule has 2 aromatic heterocycles. The predicted octanol–water partition coefficient (Wildman–Crippen LogP) is 3.66. The van der Waals surface area contributed by atoms with Crippen molar-refractivity contribution in [3.8, 4) is 0 Å². The minimum Gasteiger partial charge on any atom is -0.469 e. The van der Waals surface area contributed by atoms with Gasteiger partial charge in [-0.25, -0.2) is 0 Å². The lowest BCUT2D eigenvalue weighted by Gasteiger charge is -2.06. The zero-order valence-electron chi connectivity index (χ0n) is 8.02. The number of halogens is 1. The molecule has 0 aromatic carbocycles. The normalized spacial score (nSPS) is 12.9. The Labute approximate surface area is 97.1 Å². The third-order valence-corrected chi connectivity index (χ3v) is 3.50. The first-order valence-electron chi connectivity index (χ1n) is 4.71. The Morgan fingerprint density at radius 2 is 2.27 bits per heavy atom. The van der Waals surface area contributed by atoms with E-state index in [-0.39, 0.29) is 0 Å². The molecular formula is C11H11ClO2S. The summed E-state index contributed by atoms with van der Waals surface area (Å²) in [6, 6.07) is 7.43. The van der Waals surface area contributed by atoms with Crippen LogP contribution in [0.5, 0.6) is 0 Å². The van der Waals surface area contributed by atoms with Gasteiger partial charge in [0.25, 0.3) is 0 Å². The second-order valence-corrected chi connectivity index (χ2v) is 5.02. The van der Waals surface area contributed by atoms with E-state index in [1.807, 2.05) is 18.2 Å². The molecule has 0 radical (unpaired) electrons. The van der Waals surface area contributed by atoms with Crippen molar-refractivity contribution in [3.05, 3.63) is 45.5 Å². The Morgan fingerprint density at radius 3 is 2.87 bits per heavy atom. The highest BCUT2D eigenvalue weighted by molar-refractivity contribution is 7.16. The number of hydrogen-bond donors (Lipinski definition) is 1. The monoisotopic (exact) mass is 242 g/mol. The minimum absolute atomic E-state index is 0.451. The standard InChI is InChI=1S/C11H11ClO2S/c12-11-6-5-10(15-11)9(13)4-3-8-2-1-7-14-8/h1-2,5-7,9,13H,3-4H2. The van der Waals surface area contributed by atoms with E-state index in [0.29, 0.717) is 10.8 Å². The summed E-state index contributed by atoms with van der Waals surface area (Å²) in [4.78, 5) is 0.909. The Bertz CT molecular complexity index is 408. The zero-order chi connectivity index (χ0) is 10.7. The van der Waals surface area contributed by atoms with Gasteiger partial charge in [0, 0.05) is 11.3 Å². The van der Waals surface area contributed by atoms with Crippen LogP contribution in [-0.4, -0.2) is 5.11 Å². The average molecular weight is 243 g/mol. The first-order valence-corrected chi connectivity index (χ1v) is 5.91. The van der Waals surface area contributed by atoms with Gasteiger partial charge in [0.1, 0.15) is 5.76 Å². The molecule has 0 aliphatic carbocycles. The van der Waals surface area contributed by atoms with Crippen LogP contribution in [0.2, 0.25) is 4.34 Å². The van der Waals surface area contributed by atoms with Crippen LogP contribution < -0.4 is 0 Å². The molecule has 0 bridgehead atoms. The van der Waals surface area contributed by atoms with Gasteiger partial charge in [0.15, 0.2) is 0 Å². The molecule has 0 saturated carbocycles. The van der Waals surface area contributed by atoms with Crippen molar-refractivity contribution in [2.45, 2.75) is 18.9 Å². The van der Waals surface area contributed by atoms with E-state index in [9.17, 15) is 5.11 Å². The molecule has 1 atom stereocenters. The van der Waals surface area contributed by atoms with Crippen LogP contribution in [0.4, 0.5) is 0 Å². The van der Waals surface area contributed by atoms with E-state index in [4.69, 9.17) is 16.0 Å². The van der Waals surface area contributed by atoms with Crippen molar-refractivity contribution in [2.24, 2.45) is 0 Å². The second-order valence-electron chi connectivity index (χ2n) is 3.28. The van der Waals surface area contributed by atoms with Gasteiger partial charge in [-0.1, -0.05) is 11.6 Å². The van der Waals surface area contributed by atoms with Crippen LogP contribution in [0.25, 0.3) is 0 Å². The number of aliphatic hydroxyl groups excluding tert-OH is 1. The molecule has 0 aliphatic rings. The van der Waals surface area contributed by atoms with Gasteiger partial charge in [-0.2, -0.15) is 0 Å². The predicted molar refractivity (Wildman–Crippen MR) is 61.3 cm³/mol. The summed E-state index contributed by atoms with van der Waals surface area (Å²) in [7, 11) is 0. The third kappa shape index (κ3) is 2.84. The number of rotatable bonds is 4. The van der Waals surface area contributed by atoms with Crippen molar-refractivity contribution < 1.29 is 9.52 Å². The number of furan rings is 1. The van der Waals surface area contributed by atoms with Crippen LogP contribution in [0, 0.1) is 0 Å². The molecule has 1 N–H and O–H groups in total. The topological polar surface area (TPSA) is 33.4 Å². The highest BCUT2D eigenvalue weighted by Crippen LogP contribution is 2.29. The summed E-state index contributed by atoms with van der Waals surface area (Å²) in [6.45, 7) is 0. The number of hydrogen-bond acceptors (Lipinski definition) is 3. The Morgan fingerprint density at radius 1 is 1.40 bits per heavy atom. The third-order valence-electron chi connectivity index (χ3n) is 2.17. The summed E-state index contributed by atoms with van der Waals surface area (Å²) >= 11 is 7.21. The summed E-state index contributed by atoms with van der Waals surface area (Å²) in [6.07, 6.45) is 2.59. The second kappa shape index (κ2) is 4.84. The van der Waals surface area contributed by atoms with Crippen LogP contribution in [-0.2, 0) is 6.42 Å². The molecule has 2 rings (SSSR count). The van der Waals surface area contributed by atoms with Crippen LogP contribution in [0.1, 0.15) is 23.2 Å². The summed E-state index contributed by atoms with van der Waals surface area (Å²) in [5.74, 6) is 0.900. The van der Waals surface area contributed by atoms with Crippen LogP contribution in [0.3, 0.4) is 0 Å². The first kappa shape index (κ1) is 10.7. The van der Waals surface area contributed by atoms with Crippen LogP contribution >= 0.6 is 22.9 Å². The van der Waals surface area contributed by atoms with Gasteiger partial charge in [0.05, 0.1) is 16.7 Å². The SMILES string of the molecule is OC(CCc1ccco1)c1ccc(Cl)s1. The highest BCUT2D eigenvalue weighted by atomic mass is 35.5. The molecule has 0 fully saturated rings. The number of thiophene rings is 1. The van der Waals surface area contributed by atoms with E-state index in [1.54, 1.807) is 12.3 Å². The smallest absolute Gasteiger partial charge is 0.103 e. The molecule has 0 aliphatic heterocycles. The van der Waals surface area contributed by atoms with Gasteiger partial charge in [-0.3, -0.25) is 0 Å². The quantitative estimate of drug-likeness (QED) is 0.888. The first-order chi connectivity index (χ1) is 7.25. The highest BCUT2D eigenvalue weighted by Gasteiger charge is 2.10. The Balaban J connectivity index is 1.90. The fourth-order valence-electron chi connectivity index (χ4n) is 1.38. The van der Waals surface area contributed by atoms with Gasteiger partial charge in [-0.15, -0.1) is 11.3 Å². The minimum atomic E-state index is -0.451. The van der Waals surface area contributed by atoms with E-state index in [0.717, 1.165) is 17.1 Å². The number of aryl methyl sites for hydroxylation is 1.